The van der Waals surface area contributed by atoms with E-state index >= 15 is 0 Å². The van der Waals surface area contributed by atoms with E-state index in [0.717, 1.165) is 5.56 Å². The van der Waals surface area contributed by atoms with Crippen molar-refractivity contribution in [2.24, 2.45) is 0 Å². The predicted octanol–water partition coefficient (Wildman–Crippen LogP) is 0.346. The molecule has 0 saturated heterocycles. The summed E-state index contributed by atoms with van der Waals surface area (Å²) in [5.41, 5.74) is 7.58. The zero-order valence-electron chi connectivity index (χ0n) is 11.2. The second kappa shape index (κ2) is 6.56. The van der Waals surface area contributed by atoms with Gasteiger partial charge in [-0.3, -0.25) is 4.79 Å². The summed E-state index contributed by atoms with van der Waals surface area (Å²) >= 11 is 0. The molecule has 0 saturated carbocycles. The van der Waals surface area contributed by atoms with Gasteiger partial charge in [-0.05, 0) is 17.7 Å². The third kappa shape index (κ3) is 4.34. The fraction of sp³-hybridized carbons (Fsp3) is 0.214. The van der Waals surface area contributed by atoms with Crippen LogP contribution in [0.5, 0.6) is 0 Å². The Bertz CT molecular complexity index is 625. The summed E-state index contributed by atoms with van der Waals surface area (Å²) in [6, 6.07) is 5.92. The zero-order valence-corrected chi connectivity index (χ0v) is 11.2. The van der Waals surface area contributed by atoms with Gasteiger partial charge in [-0.2, -0.15) is 0 Å². The Balaban J connectivity index is 1.96. The van der Waals surface area contributed by atoms with Crippen LogP contribution in [-0.4, -0.2) is 33.0 Å². The van der Waals surface area contributed by atoms with Crippen LogP contribution in [0.3, 0.4) is 0 Å². The van der Waals surface area contributed by atoms with Gasteiger partial charge in [-0.25, -0.2) is 9.78 Å². The number of nitrogens with one attached hydrogen (secondary N) is 2. The zero-order chi connectivity index (χ0) is 15.2. The molecule has 1 heterocycles. The quantitative estimate of drug-likeness (QED) is 0.571. The van der Waals surface area contributed by atoms with Crippen LogP contribution in [0, 0.1) is 0 Å². The van der Waals surface area contributed by atoms with Crippen LogP contribution < -0.4 is 11.1 Å². The van der Waals surface area contributed by atoms with Crippen molar-refractivity contribution in [3.05, 3.63) is 48.0 Å². The van der Waals surface area contributed by atoms with E-state index in [1.165, 1.54) is 12.5 Å². The van der Waals surface area contributed by atoms with Crippen molar-refractivity contribution in [1.82, 2.24) is 15.3 Å². The van der Waals surface area contributed by atoms with Crippen LogP contribution in [0.15, 0.2) is 36.8 Å². The minimum Gasteiger partial charge on any atom is -0.480 e. The maximum absolute atomic E-state index is 11.9. The number of aromatic nitrogens is 2. The van der Waals surface area contributed by atoms with Crippen molar-refractivity contribution in [2.75, 3.05) is 5.73 Å². The normalized spacial score (nSPS) is 11.8. The molecule has 110 valence electrons. The molecule has 0 fully saturated rings. The third-order valence-electron chi connectivity index (χ3n) is 2.93. The first-order chi connectivity index (χ1) is 10.0. The number of benzene rings is 1. The number of nitrogen functional groups attached to an aromatic ring is 1. The summed E-state index contributed by atoms with van der Waals surface area (Å²) in [5, 5.41) is 11.7. The minimum atomic E-state index is -1.09. The Labute approximate surface area is 121 Å². The molecule has 0 aliphatic rings. The molecule has 0 bridgehead atoms. The van der Waals surface area contributed by atoms with Crippen LogP contribution in [-0.2, 0) is 22.4 Å². The summed E-state index contributed by atoms with van der Waals surface area (Å²) in [7, 11) is 0. The van der Waals surface area contributed by atoms with Gasteiger partial charge in [-0.15, -0.1) is 0 Å². The summed E-state index contributed by atoms with van der Waals surface area (Å²) in [4.78, 5) is 29.8. The fourth-order valence-electron chi connectivity index (χ4n) is 1.95. The SMILES string of the molecule is Nc1cccc(CC(=O)N[C@@H](Cc2cnc[nH]2)C(=O)O)c1. The van der Waals surface area contributed by atoms with E-state index in [1.54, 1.807) is 24.3 Å². The lowest BCUT2D eigenvalue weighted by Crippen LogP contribution is -2.43. The van der Waals surface area contributed by atoms with Crippen molar-refractivity contribution in [2.45, 2.75) is 18.9 Å². The smallest absolute Gasteiger partial charge is 0.326 e. The van der Waals surface area contributed by atoms with Crippen molar-refractivity contribution >= 4 is 17.6 Å². The molecule has 0 spiro atoms. The van der Waals surface area contributed by atoms with E-state index in [0.29, 0.717) is 11.4 Å². The highest BCUT2D eigenvalue weighted by atomic mass is 16.4. The Morgan fingerprint density at radius 1 is 1.43 bits per heavy atom. The van der Waals surface area contributed by atoms with Crippen LogP contribution in [0.4, 0.5) is 5.69 Å². The first-order valence-corrected chi connectivity index (χ1v) is 6.38. The lowest BCUT2D eigenvalue weighted by molar-refractivity contribution is -0.141. The lowest BCUT2D eigenvalue weighted by atomic mass is 10.1. The van der Waals surface area contributed by atoms with E-state index < -0.39 is 12.0 Å². The first-order valence-electron chi connectivity index (χ1n) is 6.38. The lowest BCUT2D eigenvalue weighted by Gasteiger charge is -2.13. The van der Waals surface area contributed by atoms with Gasteiger partial charge in [0.2, 0.25) is 5.91 Å². The van der Waals surface area contributed by atoms with Gasteiger partial charge in [0.15, 0.2) is 0 Å². The van der Waals surface area contributed by atoms with E-state index in [4.69, 9.17) is 10.8 Å². The number of carboxylic acids is 1. The predicted molar refractivity (Wildman–Crippen MR) is 76.4 cm³/mol. The van der Waals surface area contributed by atoms with E-state index in [9.17, 15) is 9.59 Å². The van der Waals surface area contributed by atoms with E-state index in [-0.39, 0.29) is 18.7 Å². The van der Waals surface area contributed by atoms with Crippen LogP contribution in [0.2, 0.25) is 0 Å². The minimum absolute atomic E-state index is 0.0811. The molecular weight excluding hydrogens is 272 g/mol. The number of anilines is 1. The molecule has 2 aromatic rings. The van der Waals surface area contributed by atoms with Crippen LogP contribution in [0.25, 0.3) is 0 Å². The van der Waals surface area contributed by atoms with Crippen LogP contribution in [0.1, 0.15) is 11.3 Å². The Kier molecular flexibility index (Phi) is 4.55. The third-order valence-corrected chi connectivity index (χ3v) is 2.93. The molecule has 7 heteroatoms. The van der Waals surface area contributed by atoms with Gasteiger partial charge in [0, 0.05) is 24.0 Å². The van der Waals surface area contributed by atoms with Gasteiger partial charge in [0.1, 0.15) is 6.04 Å². The van der Waals surface area contributed by atoms with Gasteiger partial charge in [-0.1, -0.05) is 12.1 Å². The molecule has 0 aliphatic heterocycles. The number of hydrogen-bond donors (Lipinski definition) is 4. The van der Waals surface area contributed by atoms with E-state index in [1.807, 2.05) is 0 Å². The molecule has 1 aromatic carbocycles. The van der Waals surface area contributed by atoms with Gasteiger partial charge in [0.05, 0.1) is 12.7 Å². The maximum Gasteiger partial charge on any atom is 0.326 e. The number of nitrogens with zero attached hydrogens (tertiary/aromatic N) is 1. The molecule has 0 aliphatic carbocycles. The molecule has 0 radical (unpaired) electrons. The topological polar surface area (TPSA) is 121 Å². The van der Waals surface area contributed by atoms with Crippen molar-refractivity contribution in [1.29, 1.82) is 0 Å². The largest absolute Gasteiger partial charge is 0.480 e. The Morgan fingerprint density at radius 3 is 2.86 bits per heavy atom. The number of nitrogens with two attached hydrogens (primary N) is 1. The number of H-pyrrole nitrogens is 1. The summed E-state index contributed by atoms with van der Waals surface area (Å²) in [5.74, 6) is -1.46. The number of aromatic amines is 1. The van der Waals surface area contributed by atoms with Gasteiger partial charge >= 0.3 is 5.97 Å². The second-order valence-corrected chi connectivity index (χ2v) is 4.66. The fourth-order valence-corrected chi connectivity index (χ4v) is 1.95. The second-order valence-electron chi connectivity index (χ2n) is 4.66. The molecule has 1 aromatic heterocycles. The van der Waals surface area contributed by atoms with Crippen molar-refractivity contribution in [3.63, 3.8) is 0 Å². The maximum atomic E-state index is 11.9. The highest BCUT2D eigenvalue weighted by Crippen LogP contribution is 2.07. The number of hydrogen-bond acceptors (Lipinski definition) is 4. The molecule has 1 amide bonds. The van der Waals surface area contributed by atoms with Crippen LogP contribution >= 0.6 is 0 Å². The molecule has 7 nitrogen and oxygen atoms in total. The standard InChI is InChI=1S/C14H16N4O3/c15-10-3-1-2-9(4-10)5-13(19)18-12(14(20)21)6-11-7-16-8-17-11/h1-4,7-8,12H,5-6,15H2,(H,16,17)(H,18,19)(H,20,21)/t12-/m0/s1. The number of aliphatic carboxylic acids is 1. The number of amides is 1. The van der Waals surface area contributed by atoms with Gasteiger partial charge in [0.25, 0.3) is 0 Å². The van der Waals surface area contributed by atoms with Crippen molar-refractivity contribution in [3.8, 4) is 0 Å². The number of imidazole rings is 1. The van der Waals surface area contributed by atoms with E-state index in [2.05, 4.69) is 15.3 Å². The average Bonchev–Trinajstić information content (AvgIpc) is 2.90. The molecular formula is C14H16N4O3. The highest BCUT2D eigenvalue weighted by Gasteiger charge is 2.21. The average molecular weight is 288 g/mol. The van der Waals surface area contributed by atoms with Crippen molar-refractivity contribution < 1.29 is 14.7 Å². The summed E-state index contributed by atoms with van der Waals surface area (Å²) in [6.07, 6.45) is 3.22. The number of carboxylic acid groups (broad SMARTS) is 1. The number of carbonyl (C=O) groups is 2. The summed E-state index contributed by atoms with van der Waals surface area (Å²) < 4.78 is 0. The Hall–Kier alpha value is -2.83. The monoisotopic (exact) mass is 288 g/mol. The summed E-state index contributed by atoms with van der Waals surface area (Å²) in [6.45, 7) is 0. The Morgan fingerprint density at radius 2 is 2.24 bits per heavy atom. The van der Waals surface area contributed by atoms with Gasteiger partial charge < -0.3 is 21.1 Å². The molecule has 2 rings (SSSR count). The number of carbonyl (C=O) groups excluding carboxylic acids is 1. The molecule has 5 N–H and O–H groups in total. The number of rotatable bonds is 6. The molecule has 1 atom stereocenters. The molecule has 21 heavy (non-hydrogen) atoms. The first kappa shape index (κ1) is 14.6. The highest BCUT2D eigenvalue weighted by molar-refractivity contribution is 5.85. The molecule has 0 unspecified atom stereocenters.